The molecule has 144 valence electrons. The van der Waals surface area contributed by atoms with Gasteiger partial charge >= 0.3 is 0 Å². The van der Waals surface area contributed by atoms with Crippen molar-refractivity contribution in [1.82, 2.24) is 0 Å². The average molecular weight is 388 g/mol. The minimum atomic E-state index is -0.881. The molecule has 0 aliphatic carbocycles. The third-order valence-electron chi connectivity index (χ3n) is 4.19. The molecule has 0 heterocycles. The molecule has 0 saturated carbocycles. The molecular weight excluding hydrogens is 374 g/mol. The summed E-state index contributed by atoms with van der Waals surface area (Å²) < 4.78 is 4.87. The second-order valence-corrected chi connectivity index (χ2v) is 5.98. The van der Waals surface area contributed by atoms with Gasteiger partial charge in [0.1, 0.15) is 17.4 Å². The first-order chi connectivity index (χ1) is 13.9. The Kier molecular flexibility index (Phi) is 5.42. The quantitative estimate of drug-likeness (QED) is 0.309. The Bertz CT molecular complexity index is 1190. The lowest BCUT2D eigenvalue weighted by Gasteiger charge is -2.13. The second kappa shape index (κ2) is 8.10. The van der Waals surface area contributed by atoms with Gasteiger partial charge in [0.15, 0.2) is 0 Å². The molecule has 0 bridgehead atoms. The highest BCUT2D eigenvalue weighted by Gasteiger charge is 2.15. The lowest BCUT2D eigenvalue weighted by molar-refractivity contribution is -0.398. The van der Waals surface area contributed by atoms with Crippen LogP contribution in [0.3, 0.4) is 0 Å². The zero-order valence-electron chi connectivity index (χ0n) is 15.2. The van der Waals surface area contributed by atoms with Gasteiger partial charge in [-0.3, -0.25) is 14.9 Å². The van der Waals surface area contributed by atoms with Crippen molar-refractivity contribution in [3.63, 3.8) is 0 Å². The number of hydrogen-bond acceptors (Lipinski definition) is 6. The second-order valence-electron chi connectivity index (χ2n) is 5.98. The molecule has 0 spiro atoms. The van der Waals surface area contributed by atoms with Crippen LogP contribution in [-0.4, -0.2) is 17.9 Å². The van der Waals surface area contributed by atoms with Crippen LogP contribution in [0.4, 0.5) is 11.4 Å². The monoisotopic (exact) mass is 388 g/mol. The Morgan fingerprint density at radius 3 is 2.62 bits per heavy atom. The van der Waals surface area contributed by atoms with Crippen molar-refractivity contribution in [1.29, 1.82) is 5.26 Å². The van der Waals surface area contributed by atoms with Gasteiger partial charge in [-0.25, -0.2) is 0 Å². The number of nitriles is 1. The zero-order valence-corrected chi connectivity index (χ0v) is 15.2. The summed E-state index contributed by atoms with van der Waals surface area (Å²) in [5.74, 6) is -1.82. The van der Waals surface area contributed by atoms with E-state index in [0.29, 0.717) is 5.69 Å². The Morgan fingerprint density at radius 2 is 1.93 bits per heavy atom. The SMILES string of the molecule is COc1cc(/C=C(\C#N)C(=O)Nc2cccc3ccccc23)cc([N+](=O)[O-])c1[O-]. The third kappa shape index (κ3) is 3.99. The molecule has 0 radical (unpaired) electrons. The molecule has 0 fully saturated rings. The lowest BCUT2D eigenvalue weighted by Crippen LogP contribution is -2.13. The van der Waals surface area contributed by atoms with E-state index in [1.165, 1.54) is 13.2 Å². The highest BCUT2D eigenvalue weighted by Crippen LogP contribution is 2.35. The number of methoxy groups -OCH3 is 1. The number of anilines is 1. The van der Waals surface area contributed by atoms with Crippen molar-refractivity contribution >= 4 is 34.1 Å². The van der Waals surface area contributed by atoms with Gasteiger partial charge in [-0.05, 0) is 29.2 Å². The first-order valence-electron chi connectivity index (χ1n) is 8.39. The van der Waals surface area contributed by atoms with E-state index < -0.39 is 22.3 Å². The minimum absolute atomic E-state index is 0.123. The summed E-state index contributed by atoms with van der Waals surface area (Å²) in [6, 6.07) is 16.8. The first-order valence-corrected chi connectivity index (χ1v) is 8.39. The molecule has 3 aromatic rings. The van der Waals surface area contributed by atoms with E-state index in [9.17, 15) is 25.3 Å². The number of rotatable bonds is 5. The Labute approximate surface area is 165 Å². The standard InChI is InChI=1S/C21H15N3O5/c1-29-19-11-13(10-18(20(19)25)24(27)28)9-15(12-22)21(26)23-17-8-4-6-14-5-2-3-7-16(14)17/h2-11,25H,1H3,(H,23,26)/p-1/b15-9+. The number of nitro benzene ring substituents is 1. The number of fused-ring (bicyclic) bond motifs is 1. The maximum absolute atomic E-state index is 12.6. The summed E-state index contributed by atoms with van der Waals surface area (Å²) in [6.07, 6.45) is 1.16. The van der Waals surface area contributed by atoms with Crippen LogP contribution in [0.25, 0.3) is 16.8 Å². The predicted octanol–water partition coefficient (Wildman–Crippen LogP) is 3.38. The number of benzene rings is 3. The van der Waals surface area contributed by atoms with Crippen molar-refractivity contribution in [2.75, 3.05) is 12.4 Å². The molecule has 29 heavy (non-hydrogen) atoms. The normalized spacial score (nSPS) is 11.0. The molecule has 0 atom stereocenters. The number of nitrogens with one attached hydrogen (secondary N) is 1. The molecular formula is C21H14N3O5-. The number of amides is 1. The van der Waals surface area contributed by atoms with Gasteiger partial charge in [-0.1, -0.05) is 36.4 Å². The number of carbonyl (C=O) groups is 1. The van der Waals surface area contributed by atoms with Gasteiger partial charge in [0.25, 0.3) is 11.6 Å². The Morgan fingerprint density at radius 1 is 1.21 bits per heavy atom. The third-order valence-corrected chi connectivity index (χ3v) is 4.19. The Hall–Kier alpha value is -4.38. The lowest BCUT2D eigenvalue weighted by atomic mass is 10.1. The molecule has 8 nitrogen and oxygen atoms in total. The zero-order chi connectivity index (χ0) is 21.0. The van der Waals surface area contributed by atoms with Crippen molar-refractivity contribution in [2.24, 2.45) is 0 Å². The van der Waals surface area contributed by atoms with Crippen molar-refractivity contribution in [3.8, 4) is 17.6 Å². The smallest absolute Gasteiger partial charge is 0.266 e. The van der Waals surface area contributed by atoms with Gasteiger partial charge in [0.2, 0.25) is 0 Å². The topological polar surface area (TPSA) is 128 Å². The molecule has 1 amide bonds. The van der Waals surface area contributed by atoms with E-state index in [0.717, 1.165) is 22.9 Å². The van der Waals surface area contributed by atoms with E-state index in [1.807, 2.05) is 30.3 Å². The molecule has 0 aromatic heterocycles. The van der Waals surface area contributed by atoms with E-state index in [2.05, 4.69) is 5.32 Å². The van der Waals surface area contributed by atoms with Gasteiger partial charge in [-0.2, -0.15) is 5.26 Å². The van der Waals surface area contributed by atoms with Gasteiger partial charge in [-0.15, -0.1) is 0 Å². The predicted molar refractivity (Wildman–Crippen MR) is 105 cm³/mol. The number of nitro groups is 1. The Balaban J connectivity index is 1.98. The van der Waals surface area contributed by atoms with Crippen LogP contribution in [0, 0.1) is 21.4 Å². The van der Waals surface area contributed by atoms with Gasteiger partial charge in [0.05, 0.1) is 12.0 Å². The largest absolute Gasteiger partial charge is 0.865 e. The summed E-state index contributed by atoms with van der Waals surface area (Å²) in [5, 5.41) is 36.8. The van der Waals surface area contributed by atoms with Crippen molar-refractivity contribution in [3.05, 3.63) is 75.8 Å². The van der Waals surface area contributed by atoms with Crippen LogP contribution in [0.5, 0.6) is 11.5 Å². The van der Waals surface area contributed by atoms with Gasteiger partial charge in [0, 0.05) is 22.9 Å². The van der Waals surface area contributed by atoms with E-state index >= 15 is 0 Å². The van der Waals surface area contributed by atoms with Crippen LogP contribution in [-0.2, 0) is 4.79 Å². The van der Waals surface area contributed by atoms with Crippen molar-refractivity contribution in [2.45, 2.75) is 0 Å². The van der Waals surface area contributed by atoms with Crippen LogP contribution >= 0.6 is 0 Å². The molecule has 3 aromatic carbocycles. The summed E-state index contributed by atoms with van der Waals surface area (Å²) in [4.78, 5) is 22.8. The molecule has 3 rings (SSSR count). The minimum Gasteiger partial charge on any atom is -0.865 e. The summed E-state index contributed by atoms with van der Waals surface area (Å²) in [5.41, 5.74) is -0.347. The fourth-order valence-corrected chi connectivity index (χ4v) is 2.82. The number of nitrogens with zero attached hydrogens (tertiary/aromatic N) is 2. The summed E-state index contributed by atoms with van der Waals surface area (Å²) >= 11 is 0. The van der Waals surface area contributed by atoms with E-state index in [-0.39, 0.29) is 16.9 Å². The van der Waals surface area contributed by atoms with E-state index in [4.69, 9.17) is 4.74 Å². The van der Waals surface area contributed by atoms with E-state index in [1.54, 1.807) is 18.2 Å². The van der Waals surface area contributed by atoms with Crippen LogP contribution in [0.1, 0.15) is 5.56 Å². The molecule has 0 unspecified atom stereocenters. The average Bonchev–Trinajstić information content (AvgIpc) is 2.72. The number of ether oxygens (including phenoxy) is 1. The number of hydrogen-bond donors (Lipinski definition) is 1. The van der Waals surface area contributed by atoms with Crippen LogP contribution in [0.2, 0.25) is 0 Å². The summed E-state index contributed by atoms with van der Waals surface area (Å²) in [6.45, 7) is 0. The highest BCUT2D eigenvalue weighted by atomic mass is 16.6. The molecule has 8 heteroatoms. The maximum Gasteiger partial charge on any atom is 0.266 e. The fraction of sp³-hybridized carbons (Fsp3) is 0.0476. The fourth-order valence-electron chi connectivity index (χ4n) is 2.82. The molecule has 0 saturated heterocycles. The summed E-state index contributed by atoms with van der Waals surface area (Å²) in [7, 11) is 1.20. The molecule has 0 aliphatic rings. The molecule has 1 N–H and O–H groups in total. The number of carbonyl (C=O) groups excluding carboxylic acids is 1. The van der Waals surface area contributed by atoms with Gasteiger partial charge < -0.3 is 15.2 Å². The first kappa shape index (κ1) is 19.4. The molecule has 0 aliphatic heterocycles. The maximum atomic E-state index is 12.6. The highest BCUT2D eigenvalue weighted by molar-refractivity contribution is 6.13. The van der Waals surface area contributed by atoms with Crippen LogP contribution < -0.4 is 15.2 Å². The van der Waals surface area contributed by atoms with Crippen molar-refractivity contribution < 1.29 is 19.6 Å². The van der Waals surface area contributed by atoms with Crippen LogP contribution in [0.15, 0.2) is 60.2 Å².